The molecule has 40 heavy (non-hydrogen) atoms. The molecule has 0 aliphatic carbocycles. The van der Waals surface area contributed by atoms with Gasteiger partial charge < -0.3 is 15.5 Å². The number of hydrogen-bond acceptors (Lipinski definition) is 9. The Hall–Kier alpha value is -3.65. The summed E-state index contributed by atoms with van der Waals surface area (Å²) < 4.78 is 46.7. The number of carbonyl (C=O) groups excluding carboxylic acids is 1. The van der Waals surface area contributed by atoms with E-state index < -0.39 is 17.4 Å². The normalized spacial score (nSPS) is 17.6. The van der Waals surface area contributed by atoms with Gasteiger partial charge in [0.25, 0.3) is 0 Å². The van der Waals surface area contributed by atoms with E-state index in [1.165, 1.54) is 35.4 Å². The van der Waals surface area contributed by atoms with Crippen molar-refractivity contribution in [2.45, 2.75) is 30.5 Å². The molecule has 2 aliphatic heterocycles. The quantitative estimate of drug-likeness (QED) is 0.346. The second kappa shape index (κ2) is 9.77. The van der Waals surface area contributed by atoms with Gasteiger partial charge >= 0.3 is 11.9 Å². The minimum Gasteiger partial charge on any atom is -0.368 e. The summed E-state index contributed by atoms with van der Waals surface area (Å²) in [7, 11) is 0. The van der Waals surface area contributed by atoms with Gasteiger partial charge in [0.1, 0.15) is 5.82 Å². The number of benzene rings is 1. The third kappa shape index (κ3) is 4.20. The van der Waals surface area contributed by atoms with E-state index >= 15 is 0 Å². The molecule has 0 spiro atoms. The van der Waals surface area contributed by atoms with Gasteiger partial charge in [0, 0.05) is 64.8 Å². The van der Waals surface area contributed by atoms with Crippen LogP contribution < -0.4 is 16.3 Å². The lowest BCUT2D eigenvalue weighted by molar-refractivity contribution is -0.137. The largest absolute Gasteiger partial charge is 0.417 e. The Labute approximate surface area is 234 Å². The van der Waals surface area contributed by atoms with Gasteiger partial charge in [0.15, 0.2) is 0 Å². The van der Waals surface area contributed by atoms with Crippen LogP contribution in [0.3, 0.4) is 0 Å². The molecule has 1 unspecified atom stereocenters. The summed E-state index contributed by atoms with van der Waals surface area (Å²) in [6, 6.07) is 0.887. The maximum atomic E-state index is 14.8. The van der Waals surface area contributed by atoms with Gasteiger partial charge in [-0.15, -0.1) is 23.1 Å². The van der Waals surface area contributed by atoms with Crippen molar-refractivity contribution >= 4 is 61.9 Å². The molecule has 5 heterocycles. The van der Waals surface area contributed by atoms with Crippen LogP contribution in [0.5, 0.6) is 0 Å². The summed E-state index contributed by atoms with van der Waals surface area (Å²) in [6.45, 7) is 6.77. The molecule has 1 amide bonds. The molecule has 2 N–H and O–H groups in total. The minimum absolute atomic E-state index is 0.0180. The van der Waals surface area contributed by atoms with Gasteiger partial charge in [-0.3, -0.25) is 9.36 Å². The Morgan fingerprint density at radius 1 is 1.25 bits per heavy atom. The number of halogens is 3. The number of alkyl halides is 3. The second-order valence-corrected chi connectivity index (χ2v) is 11.5. The van der Waals surface area contributed by atoms with E-state index in [-0.39, 0.29) is 34.7 Å². The molecule has 3 aromatic heterocycles. The molecule has 1 atom stereocenters. The fourth-order valence-electron chi connectivity index (χ4n) is 5.41. The highest BCUT2D eigenvalue weighted by Crippen LogP contribution is 2.51. The van der Waals surface area contributed by atoms with Crippen LogP contribution in [0.25, 0.3) is 32.2 Å². The van der Waals surface area contributed by atoms with Crippen molar-refractivity contribution in [1.29, 1.82) is 0 Å². The number of aromatic nitrogens is 4. The number of anilines is 2. The number of thiophene rings is 1. The molecule has 1 saturated heterocycles. The number of thioether (sulfide) groups is 1. The van der Waals surface area contributed by atoms with Crippen molar-refractivity contribution in [3.05, 3.63) is 46.3 Å². The predicted octanol–water partition coefficient (Wildman–Crippen LogP) is 4.56. The number of carbonyl (C=O) groups is 1. The molecule has 0 radical (unpaired) electrons. The lowest BCUT2D eigenvalue weighted by Gasteiger charge is -2.36. The van der Waals surface area contributed by atoms with Gasteiger partial charge in [0.05, 0.1) is 27.5 Å². The van der Waals surface area contributed by atoms with Crippen molar-refractivity contribution in [3.63, 3.8) is 0 Å². The SMILES string of the molecule is C=CC(=O)N1CCN(c2nc(=O)n3c4c(c(-c5csc6cnc(N)nc56)c(C(F)(F)F)cc24)SCC3CC)CC1. The van der Waals surface area contributed by atoms with Crippen molar-refractivity contribution in [2.75, 3.05) is 42.6 Å². The number of piperazine rings is 1. The van der Waals surface area contributed by atoms with Crippen LogP contribution in [0.15, 0.2) is 40.0 Å². The predicted molar refractivity (Wildman–Crippen MR) is 151 cm³/mol. The third-order valence-corrected chi connectivity index (χ3v) is 9.52. The first-order valence-corrected chi connectivity index (χ1v) is 14.5. The molecule has 14 heteroatoms. The molecule has 2 aliphatic rings. The Morgan fingerprint density at radius 3 is 2.67 bits per heavy atom. The molecule has 9 nitrogen and oxygen atoms in total. The zero-order chi connectivity index (χ0) is 28.3. The van der Waals surface area contributed by atoms with Gasteiger partial charge in [-0.2, -0.15) is 18.2 Å². The number of hydrogen-bond donors (Lipinski definition) is 1. The maximum absolute atomic E-state index is 14.8. The number of nitrogens with two attached hydrogens (primary N) is 1. The van der Waals surface area contributed by atoms with Gasteiger partial charge in [-0.05, 0) is 18.6 Å². The van der Waals surface area contributed by atoms with Crippen LogP contribution >= 0.6 is 23.1 Å². The van der Waals surface area contributed by atoms with E-state index in [1.54, 1.807) is 19.7 Å². The smallest absolute Gasteiger partial charge is 0.368 e. The molecule has 0 bridgehead atoms. The van der Waals surface area contributed by atoms with E-state index in [2.05, 4.69) is 21.5 Å². The second-order valence-electron chi connectivity index (χ2n) is 9.59. The van der Waals surface area contributed by atoms with Crippen LogP contribution in [-0.2, 0) is 11.0 Å². The molecule has 6 rings (SSSR count). The van der Waals surface area contributed by atoms with Gasteiger partial charge in [0.2, 0.25) is 11.9 Å². The third-order valence-electron chi connectivity index (χ3n) is 7.37. The average Bonchev–Trinajstić information content (AvgIpc) is 3.35. The average molecular weight is 588 g/mol. The Morgan fingerprint density at radius 2 is 2.00 bits per heavy atom. The van der Waals surface area contributed by atoms with E-state index in [0.29, 0.717) is 64.5 Å². The van der Waals surface area contributed by atoms with E-state index in [4.69, 9.17) is 5.73 Å². The maximum Gasteiger partial charge on any atom is 0.417 e. The van der Waals surface area contributed by atoms with Crippen LogP contribution in [0.4, 0.5) is 24.9 Å². The van der Waals surface area contributed by atoms with Crippen molar-refractivity contribution in [2.24, 2.45) is 0 Å². The number of nitrogens with zero attached hydrogens (tertiary/aromatic N) is 6. The molecular weight excluding hydrogens is 563 g/mol. The van der Waals surface area contributed by atoms with E-state index in [1.807, 2.05) is 6.92 Å². The van der Waals surface area contributed by atoms with Crippen molar-refractivity contribution < 1.29 is 18.0 Å². The molecule has 1 aromatic carbocycles. The molecular formula is C26H24F3N7O2S2. The molecule has 1 fully saturated rings. The summed E-state index contributed by atoms with van der Waals surface area (Å²) >= 11 is 2.55. The first-order valence-electron chi connectivity index (χ1n) is 12.6. The summed E-state index contributed by atoms with van der Waals surface area (Å²) in [5.41, 5.74) is 5.53. The zero-order valence-electron chi connectivity index (χ0n) is 21.4. The number of amides is 1. The highest BCUT2D eigenvalue weighted by atomic mass is 32.2. The lowest BCUT2D eigenvalue weighted by atomic mass is 9.97. The van der Waals surface area contributed by atoms with Gasteiger partial charge in [-0.1, -0.05) is 13.5 Å². The van der Waals surface area contributed by atoms with Crippen LogP contribution in [0, 0.1) is 0 Å². The Bertz CT molecular complexity index is 1740. The molecule has 0 saturated carbocycles. The summed E-state index contributed by atoms with van der Waals surface area (Å²) in [5.74, 6) is 0.365. The number of fused-ring (bicyclic) bond motifs is 1. The van der Waals surface area contributed by atoms with E-state index in [0.717, 1.165) is 6.07 Å². The molecule has 208 valence electrons. The Balaban J connectivity index is 1.65. The van der Waals surface area contributed by atoms with Crippen LogP contribution in [0.2, 0.25) is 0 Å². The van der Waals surface area contributed by atoms with Gasteiger partial charge in [-0.25, -0.2) is 14.8 Å². The topological polar surface area (TPSA) is 110 Å². The first kappa shape index (κ1) is 26.6. The monoisotopic (exact) mass is 587 g/mol. The lowest BCUT2D eigenvalue weighted by Crippen LogP contribution is -2.49. The van der Waals surface area contributed by atoms with Crippen molar-refractivity contribution in [1.82, 2.24) is 24.4 Å². The van der Waals surface area contributed by atoms with E-state index in [9.17, 15) is 22.8 Å². The first-order chi connectivity index (χ1) is 19.1. The number of rotatable bonds is 4. The number of nitrogen functional groups attached to an aromatic ring is 1. The molecule has 4 aromatic rings. The summed E-state index contributed by atoms with van der Waals surface area (Å²) in [4.78, 5) is 41.9. The summed E-state index contributed by atoms with van der Waals surface area (Å²) in [6.07, 6.45) is -1.36. The van der Waals surface area contributed by atoms with Crippen molar-refractivity contribution in [3.8, 4) is 11.1 Å². The Kier molecular flexibility index (Phi) is 6.49. The minimum atomic E-state index is -4.71. The highest BCUT2D eigenvalue weighted by molar-refractivity contribution is 7.99. The fourth-order valence-corrected chi connectivity index (χ4v) is 7.72. The standard InChI is InChI=1S/C26H24F3N7O2S2/c1-3-13-11-40-22-19(15-12-39-17-10-31-24(30)32-20(15)17)16(26(27,28)29)9-14-21(22)36(13)25(38)33-23(14)35-7-5-34(6-8-35)18(37)4-2/h4,9-10,12-13H,2-3,5-8,11H2,1H3,(H2,30,31,32). The highest BCUT2D eigenvalue weighted by Gasteiger charge is 2.40. The summed E-state index contributed by atoms with van der Waals surface area (Å²) in [5, 5.41) is 1.90. The zero-order valence-corrected chi connectivity index (χ0v) is 23.0. The fraction of sp³-hybridized carbons (Fsp3) is 0.346. The van der Waals surface area contributed by atoms with Crippen LogP contribution in [-0.4, -0.2) is 62.3 Å². The van der Waals surface area contributed by atoms with Crippen LogP contribution in [0.1, 0.15) is 24.9 Å².